The summed E-state index contributed by atoms with van der Waals surface area (Å²) in [7, 11) is 0. The Labute approximate surface area is 141 Å². The van der Waals surface area contributed by atoms with E-state index in [-0.39, 0.29) is 0 Å². The minimum absolute atomic E-state index is 0.513. The van der Waals surface area contributed by atoms with E-state index >= 15 is 0 Å². The first-order valence-corrected chi connectivity index (χ1v) is 7.65. The maximum atomic E-state index is 9.37. The van der Waals surface area contributed by atoms with Crippen LogP contribution in [0.2, 0.25) is 0 Å². The summed E-state index contributed by atoms with van der Waals surface area (Å²) in [6.07, 6.45) is 3.50. The molecule has 3 heteroatoms. The Kier molecular flexibility index (Phi) is 5.01. The SMILES string of the molecule is N#C/C(=C/c1cccc(OCc2ccccc2)c1)c1ccccn1. The van der Waals surface area contributed by atoms with Crippen LogP contribution in [0.4, 0.5) is 0 Å². The second-order valence-electron chi connectivity index (χ2n) is 5.23. The molecule has 0 saturated carbocycles. The van der Waals surface area contributed by atoms with Crippen molar-refractivity contribution in [2.45, 2.75) is 6.61 Å². The molecule has 0 unspecified atom stereocenters. The highest BCUT2D eigenvalue weighted by atomic mass is 16.5. The van der Waals surface area contributed by atoms with Crippen molar-refractivity contribution in [3.05, 3.63) is 95.8 Å². The molecule has 0 fully saturated rings. The minimum Gasteiger partial charge on any atom is -0.489 e. The molecule has 0 bridgehead atoms. The van der Waals surface area contributed by atoms with Gasteiger partial charge in [0.05, 0.1) is 11.3 Å². The zero-order valence-corrected chi connectivity index (χ0v) is 13.1. The van der Waals surface area contributed by atoms with Gasteiger partial charge in [0.15, 0.2) is 0 Å². The molecule has 0 aliphatic rings. The molecule has 116 valence electrons. The van der Waals surface area contributed by atoms with Gasteiger partial charge in [0.1, 0.15) is 18.4 Å². The molecule has 0 radical (unpaired) electrons. The molecule has 1 heterocycles. The minimum atomic E-state index is 0.513. The number of aromatic nitrogens is 1. The summed E-state index contributed by atoms with van der Waals surface area (Å²) >= 11 is 0. The third-order valence-corrected chi connectivity index (χ3v) is 3.48. The van der Waals surface area contributed by atoms with Crippen molar-refractivity contribution in [1.29, 1.82) is 5.26 Å². The van der Waals surface area contributed by atoms with Gasteiger partial charge in [-0.3, -0.25) is 4.98 Å². The van der Waals surface area contributed by atoms with E-state index in [4.69, 9.17) is 4.74 Å². The fraction of sp³-hybridized carbons (Fsp3) is 0.0476. The van der Waals surface area contributed by atoms with E-state index in [1.165, 1.54) is 0 Å². The zero-order chi connectivity index (χ0) is 16.6. The molecule has 3 aromatic rings. The van der Waals surface area contributed by atoms with Crippen molar-refractivity contribution in [2.24, 2.45) is 0 Å². The highest BCUT2D eigenvalue weighted by Crippen LogP contribution is 2.20. The number of pyridine rings is 1. The average molecular weight is 312 g/mol. The van der Waals surface area contributed by atoms with Crippen LogP contribution in [-0.4, -0.2) is 4.98 Å². The van der Waals surface area contributed by atoms with Gasteiger partial charge in [0.25, 0.3) is 0 Å². The fourth-order valence-electron chi connectivity index (χ4n) is 2.29. The molecule has 0 spiro atoms. The van der Waals surface area contributed by atoms with E-state index in [0.29, 0.717) is 17.9 Å². The third-order valence-electron chi connectivity index (χ3n) is 3.48. The van der Waals surface area contributed by atoms with Crippen LogP contribution < -0.4 is 4.74 Å². The molecule has 3 nitrogen and oxygen atoms in total. The van der Waals surface area contributed by atoms with Crippen LogP contribution in [0.3, 0.4) is 0 Å². The number of ether oxygens (including phenoxy) is 1. The number of benzene rings is 2. The summed E-state index contributed by atoms with van der Waals surface area (Å²) in [4.78, 5) is 4.22. The van der Waals surface area contributed by atoms with Crippen molar-refractivity contribution in [3.8, 4) is 11.8 Å². The maximum absolute atomic E-state index is 9.37. The summed E-state index contributed by atoms with van der Waals surface area (Å²) in [6.45, 7) is 0.513. The van der Waals surface area contributed by atoms with Crippen LogP contribution in [-0.2, 0) is 6.61 Å². The van der Waals surface area contributed by atoms with Crippen LogP contribution in [0.1, 0.15) is 16.8 Å². The van der Waals surface area contributed by atoms with Crippen LogP contribution in [0.15, 0.2) is 79.0 Å². The normalized spacial score (nSPS) is 10.9. The Morgan fingerprint density at radius 2 is 1.83 bits per heavy atom. The quantitative estimate of drug-likeness (QED) is 0.640. The number of nitriles is 1. The second-order valence-corrected chi connectivity index (χ2v) is 5.23. The van der Waals surface area contributed by atoms with E-state index in [0.717, 1.165) is 16.9 Å². The lowest BCUT2D eigenvalue weighted by atomic mass is 10.1. The van der Waals surface area contributed by atoms with Gasteiger partial charge in [-0.2, -0.15) is 5.26 Å². The summed E-state index contributed by atoms with van der Waals surface area (Å²) in [5, 5.41) is 9.37. The van der Waals surface area contributed by atoms with Crippen molar-refractivity contribution < 1.29 is 4.74 Å². The molecule has 0 N–H and O–H groups in total. The Morgan fingerprint density at radius 1 is 1.00 bits per heavy atom. The number of nitrogens with zero attached hydrogens (tertiary/aromatic N) is 2. The van der Waals surface area contributed by atoms with Crippen LogP contribution in [0.5, 0.6) is 5.75 Å². The smallest absolute Gasteiger partial charge is 0.120 e. The Bertz CT molecular complexity index is 865. The first kappa shape index (κ1) is 15.5. The van der Waals surface area contributed by atoms with Crippen molar-refractivity contribution in [3.63, 3.8) is 0 Å². The largest absolute Gasteiger partial charge is 0.489 e. The van der Waals surface area contributed by atoms with Crippen molar-refractivity contribution in [2.75, 3.05) is 0 Å². The molecule has 0 aliphatic carbocycles. The second kappa shape index (κ2) is 7.75. The van der Waals surface area contributed by atoms with Gasteiger partial charge in [-0.25, -0.2) is 0 Å². The number of rotatable bonds is 5. The lowest BCUT2D eigenvalue weighted by molar-refractivity contribution is 0.306. The van der Waals surface area contributed by atoms with Gasteiger partial charge < -0.3 is 4.74 Å². The van der Waals surface area contributed by atoms with Gasteiger partial charge in [-0.15, -0.1) is 0 Å². The van der Waals surface area contributed by atoms with E-state index in [1.54, 1.807) is 6.20 Å². The lowest BCUT2D eigenvalue weighted by Gasteiger charge is -2.07. The molecule has 0 aliphatic heterocycles. The third kappa shape index (κ3) is 4.08. The monoisotopic (exact) mass is 312 g/mol. The molecule has 24 heavy (non-hydrogen) atoms. The topological polar surface area (TPSA) is 45.9 Å². The van der Waals surface area contributed by atoms with Crippen LogP contribution in [0.25, 0.3) is 11.6 Å². The number of allylic oxidation sites excluding steroid dienone is 1. The van der Waals surface area contributed by atoms with E-state index < -0.39 is 0 Å². The predicted octanol–water partition coefficient (Wildman–Crippen LogP) is 4.72. The standard InChI is InChI=1S/C21H16N2O/c22-15-19(21-11-4-5-12-23-21)13-18-9-6-10-20(14-18)24-16-17-7-2-1-3-8-17/h1-14H,16H2/b19-13-. The molecule has 0 saturated heterocycles. The molecule has 0 atom stereocenters. The van der Waals surface area contributed by atoms with Crippen LogP contribution in [0, 0.1) is 11.3 Å². The highest BCUT2D eigenvalue weighted by molar-refractivity contribution is 5.88. The van der Waals surface area contributed by atoms with Gasteiger partial charge >= 0.3 is 0 Å². The van der Waals surface area contributed by atoms with Gasteiger partial charge in [0.2, 0.25) is 0 Å². The van der Waals surface area contributed by atoms with Gasteiger partial charge in [0, 0.05) is 6.20 Å². The lowest BCUT2D eigenvalue weighted by Crippen LogP contribution is -1.95. The Hall–Kier alpha value is -3.38. The molecular formula is C21H16N2O. The predicted molar refractivity (Wildman–Crippen MR) is 94.9 cm³/mol. The van der Waals surface area contributed by atoms with Crippen molar-refractivity contribution in [1.82, 2.24) is 4.98 Å². The van der Waals surface area contributed by atoms with E-state index in [2.05, 4.69) is 11.1 Å². The van der Waals surface area contributed by atoms with Gasteiger partial charge in [-0.05, 0) is 41.5 Å². The van der Waals surface area contributed by atoms with Gasteiger partial charge in [-0.1, -0.05) is 48.5 Å². The number of hydrogen-bond donors (Lipinski definition) is 0. The molecule has 3 rings (SSSR count). The van der Waals surface area contributed by atoms with E-state index in [9.17, 15) is 5.26 Å². The Balaban J connectivity index is 1.77. The Morgan fingerprint density at radius 3 is 2.58 bits per heavy atom. The summed E-state index contributed by atoms with van der Waals surface area (Å²) in [6, 6.07) is 25.4. The summed E-state index contributed by atoms with van der Waals surface area (Å²) in [5.41, 5.74) is 3.21. The first-order chi connectivity index (χ1) is 11.8. The maximum Gasteiger partial charge on any atom is 0.120 e. The summed E-state index contributed by atoms with van der Waals surface area (Å²) < 4.78 is 5.83. The molecule has 1 aromatic heterocycles. The highest BCUT2D eigenvalue weighted by Gasteiger charge is 2.03. The fourth-order valence-corrected chi connectivity index (χ4v) is 2.29. The zero-order valence-electron chi connectivity index (χ0n) is 13.1. The van der Waals surface area contributed by atoms with E-state index in [1.807, 2.05) is 78.9 Å². The summed E-state index contributed by atoms with van der Waals surface area (Å²) in [5.74, 6) is 0.769. The average Bonchev–Trinajstić information content (AvgIpc) is 2.66. The first-order valence-electron chi connectivity index (χ1n) is 7.65. The molecular weight excluding hydrogens is 296 g/mol. The van der Waals surface area contributed by atoms with Crippen molar-refractivity contribution >= 4 is 11.6 Å². The molecule has 2 aromatic carbocycles. The molecule has 0 amide bonds. The number of hydrogen-bond acceptors (Lipinski definition) is 3. The van der Waals surface area contributed by atoms with Crippen LogP contribution >= 0.6 is 0 Å².